The van der Waals surface area contributed by atoms with Crippen molar-refractivity contribution in [3.8, 4) is 0 Å². The number of aromatic nitrogens is 1. The molecule has 0 aliphatic heterocycles. The summed E-state index contributed by atoms with van der Waals surface area (Å²) in [6.07, 6.45) is 1.73. The van der Waals surface area contributed by atoms with Gasteiger partial charge in [0.1, 0.15) is 5.82 Å². The van der Waals surface area contributed by atoms with Crippen LogP contribution >= 0.6 is 45.2 Å². The summed E-state index contributed by atoms with van der Waals surface area (Å²) < 4.78 is 2.09. The Morgan fingerprint density at radius 2 is 2.00 bits per heavy atom. The van der Waals surface area contributed by atoms with Crippen LogP contribution in [-0.2, 0) is 0 Å². The molecule has 0 aliphatic rings. The van der Waals surface area contributed by atoms with Crippen molar-refractivity contribution < 1.29 is 4.79 Å². The molecule has 2 rings (SSSR count). The van der Waals surface area contributed by atoms with Gasteiger partial charge in [0, 0.05) is 18.9 Å². The fourth-order valence-electron chi connectivity index (χ4n) is 1.48. The average molecular weight is 464 g/mol. The molecule has 2 aromatic rings. The summed E-state index contributed by atoms with van der Waals surface area (Å²) in [6, 6.07) is 9.44. The van der Waals surface area contributed by atoms with Crippen LogP contribution in [0.5, 0.6) is 0 Å². The number of halogens is 2. The highest BCUT2D eigenvalue weighted by molar-refractivity contribution is 14.1. The van der Waals surface area contributed by atoms with E-state index < -0.39 is 0 Å². The lowest BCUT2D eigenvalue weighted by molar-refractivity contribution is 0.102. The smallest absolute Gasteiger partial charge is 0.256 e. The van der Waals surface area contributed by atoms with Crippen LogP contribution in [0.3, 0.4) is 0 Å². The number of hydrogen-bond donors (Lipinski definition) is 1. The van der Waals surface area contributed by atoms with Gasteiger partial charge in [-0.05, 0) is 81.9 Å². The van der Waals surface area contributed by atoms with Gasteiger partial charge in [-0.25, -0.2) is 4.98 Å². The number of rotatable bonds is 2. The third-order valence-corrected chi connectivity index (χ3v) is 3.62. The molecule has 0 spiro atoms. The molecule has 0 unspecified atom stereocenters. The molecule has 1 amide bonds. The Kier molecular flexibility index (Phi) is 4.55. The summed E-state index contributed by atoms with van der Waals surface area (Å²) in [4.78, 5) is 16.3. The maximum absolute atomic E-state index is 12.0. The molecule has 18 heavy (non-hydrogen) atoms. The molecule has 1 heterocycles. The Hall–Kier alpha value is -0.700. The highest BCUT2D eigenvalue weighted by atomic mass is 127. The van der Waals surface area contributed by atoms with E-state index in [9.17, 15) is 4.79 Å². The highest BCUT2D eigenvalue weighted by Gasteiger charge is 2.09. The largest absolute Gasteiger partial charge is 0.306 e. The number of amides is 1. The minimum absolute atomic E-state index is 0.134. The number of hydrogen-bond acceptors (Lipinski definition) is 2. The SMILES string of the molecule is Cc1cc(I)cnc1NC(=O)c1cccc(I)c1. The average Bonchev–Trinajstić information content (AvgIpc) is 2.32. The van der Waals surface area contributed by atoms with Crippen molar-refractivity contribution in [3.05, 3.63) is 54.8 Å². The molecule has 0 atom stereocenters. The third kappa shape index (κ3) is 3.41. The molecule has 0 saturated heterocycles. The van der Waals surface area contributed by atoms with E-state index in [-0.39, 0.29) is 5.91 Å². The summed E-state index contributed by atoms with van der Waals surface area (Å²) in [7, 11) is 0. The first-order valence-corrected chi connectivity index (χ1v) is 7.41. The molecular weight excluding hydrogens is 454 g/mol. The van der Waals surface area contributed by atoms with Gasteiger partial charge in [-0.2, -0.15) is 0 Å². The molecule has 1 aromatic heterocycles. The molecule has 0 aliphatic carbocycles. The van der Waals surface area contributed by atoms with Crippen molar-refractivity contribution >= 4 is 56.9 Å². The lowest BCUT2D eigenvalue weighted by Crippen LogP contribution is -2.14. The fraction of sp³-hybridized carbons (Fsp3) is 0.0769. The van der Waals surface area contributed by atoms with E-state index in [1.165, 1.54) is 0 Å². The van der Waals surface area contributed by atoms with E-state index in [1.54, 1.807) is 12.3 Å². The van der Waals surface area contributed by atoms with E-state index in [0.717, 1.165) is 12.7 Å². The normalized spacial score (nSPS) is 10.2. The van der Waals surface area contributed by atoms with E-state index in [1.807, 2.05) is 31.2 Å². The van der Waals surface area contributed by atoms with Gasteiger partial charge >= 0.3 is 0 Å². The van der Waals surface area contributed by atoms with Gasteiger partial charge in [0.15, 0.2) is 0 Å². The minimum Gasteiger partial charge on any atom is -0.306 e. The van der Waals surface area contributed by atoms with Crippen molar-refractivity contribution in [2.75, 3.05) is 5.32 Å². The summed E-state index contributed by atoms with van der Waals surface area (Å²) in [5, 5.41) is 2.82. The number of carbonyl (C=O) groups is 1. The van der Waals surface area contributed by atoms with Crippen LogP contribution in [0.15, 0.2) is 36.5 Å². The lowest BCUT2D eigenvalue weighted by Gasteiger charge is -2.07. The zero-order valence-electron chi connectivity index (χ0n) is 9.58. The molecular formula is C13H10I2N2O. The van der Waals surface area contributed by atoms with Crippen LogP contribution in [0.4, 0.5) is 5.82 Å². The Balaban J connectivity index is 2.21. The van der Waals surface area contributed by atoms with E-state index in [2.05, 4.69) is 55.5 Å². The molecule has 0 bridgehead atoms. The Labute approximate surface area is 133 Å². The van der Waals surface area contributed by atoms with Crippen LogP contribution in [0.1, 0.15) is 15.9 Å². The van der Waals surface area contributed by atoms with Crippen molar-refractivity contribution in [2.24, 2.45) is 0 Å². The lowest BCUT2D eigenvalue weighted by atomic mass is 10.2. The van der Waals surface area contributed by atoms with Crippen molar-refractivity contribution in [2.45, 2.75) is 6.92 Å². The molecule has 0 fully saturated rings. The number of anilines is 1. The monoisotopic (exact) mass is 464 g/mol. The van der Waals surface area contributed by atoms with Crippen LogP contribution in [0.2, 0.25) is 0 Å². The molecule has 5 heteroatoms. The van der Waals surface area contributed by atoms with Gasteiger partial charge in [-0.3, -0.25) is 4.79 Å². The van der Waals surface area contributed by atoms with Gasteiger partial charge in [0.2, 0.25) is 0 Å². The van der Waals surface area contributed by atoms with Crippen LogP contribution in [0.25, 0.3) is 0 Å². The van der Waals surface area contributed by atoms with Crippen molar-refractivity contribution in [1.29, 1.82) is 0 Å². The maximum Gasteiger partial charge on any atom is 0.256 e. The Bertz CT molecular complexity index is 599. The second-order valence-electron chi connectivity index (χ2n) is 3.78. The maximum atomic E-state index is 12.0. The second kappa shape index (κ2) is 5.96. The zero-order chi connectivity index (χ0) is 13.1. The Morgan fingerprint density at radius 1 is 1.22 bits per heavy atom. The first kappa shape index (κ1) is 13.7. The summed E-state index contributed by atoms with van der Waals surface area (Å²) in [5.41, 5.74) is 1.60. The molecule has 3 nitrogen and oxygen atoms in total. The molecule has 0 radical (unpaired) electrons. The van der Waals surface area contributed by atoms with Crippen LogP contribution < -0.4 is 5.32 Å². The summed E-state index contributed by atoms with van der Waals surface area (Å²) in [5.74, 6) is 0.476. The van der Waals surface area contributed by atoms with Crippen molar-refractivity contribution in [3.63, 3.8) is 0 Å². The van der Waals surface area contributed by atoms with Gasteiger partial charge in [-0.15, -0.1) is 0 Å². The quantitative estimate of drug-likeness (QED) is 0.687. The van der Waals surface area contributed by atoms with Gasteiger partial charge < -0.3 is 5.32 Å². The first-order valence-electron chi connectivity index (χ1n) is 5.25. The first-order chi connectivity index (χ1) is 8.56. The minimum atomic E-state index is -0.134. The van der Waals surface area contributed by atoms with Gasteiger partial charge in [0.25, 0.3) is 5.91 Å². The second-order valence-corrected chi connectivity index (χ2v) is 6.27. The van der Waals surface area contributed by atoms with Crippen LogP contribution in [0, 0.1) is 14.1 Å². The van der Waals surface area contributed by atoms with Crippen LogP contribution in [-0.4, -0.2) is 10.9 Å². The zero-order valence-corrected chi connectivity index (χ0v) is 13.9. The Morgan fingerprint density at radius 3 is 2.67 bits per heavy atom. The highest BCUT2D eigenvalue weighted by Crippen LogP contribution is 2.16. The van der Waals surface area contributed by atoms with Gasteiger partial charge in [0.05, 0.1) is 0 Å². The number of pyridine rings is 1. The molecule has 1 aromatic carbocycles. The van der Waals surface area contributed by atoms with Gasteiger partial charge in [-0.1, -0.05) is 6.07 Å². The van der Waals surface area contributed by atoms with E-state index in [0.29, 0.717) is 11.4 Å². The number of nitrogens with one attached hydrogen (secondary N) is 1. The number of aryl methyl sites for hydroxylation is 1. The standard InChI is InChI=1S/C13H10I2N2O/c1-8-5-11(15)7-16-12(8)17-13(18)9-3-2-4-10(14)6-9/h2-7H,1H3,(H,16,17,18). The number of nitrogens with zero attached hydrogens (tertiary/aromatic N) is 1. The predicted octanol–water partition coefficient (Wildman–Crippen LogP) is 3.85. The molecule has 92 valence electrons. The summed E-state index contributed by atoms with van der Waals surface area (Å²) >= 11 is 4.38. The fourth-order valence-corrected chi connectivity index (χ4v) is 2.63. The topological polar surface area (TPSA) is 42.0 Å². The van der Waals surface area contributed by atoms with Crippen molar-refractivity contribution in [1.82, 2.24) is 4.98 Å². The van der Waals surface area contributed by atoms with E-state index in [4.69, 9.17) is 0 Å². The predicted molar refractivity (Wildman–Crippen MR) is 88.8 cm³/mol. The number of benzene rings is 1. The molecule has 0 saturated carbocycles. The molecule has 1 N–H and O–H groups in total. The summed E-state index contributed by atoms with van der Waals surface area (Å²) in [6.45, 7) is 1.93. The number of carbonyl (C=O) groups excluding carboxylic acids is 1. The third-order valence-electron chi connectivity index (χ3n) is 2.36. The van der Waals surface area contributed by atoms with E-state index >= 15 is 0 Å².